The third-order valence-electron chi connectivity index (χ3n) is 3.59. The van der Waals surface area contributed by atoms with E-state index in [2.05, 4.69) is 5.16 Å². The van der Waals surface area contributed by atoms with Crippen LogP contribution in [0.1, 0.15) is 32.3 Å². The molecule has 1 aromatic carbocycles. The quantitative estimate of drug-likeness (QED) is 0.375. The van der Waals surface area contributed by atoms with E-state index in [0.29, 0.717) is 6.54 Å². The molecule has 0 saturated carbocycles. The first kappa shape index (κ1) is 13.6. The molecule has 4 nitrogen and oxygen atoms in total. The average Bonchev–Trinajstić information content (AvgIpc) is 2.67. The van der Waals surface area contributed by atoms with E-state index in [1.54, 1.807) is 4.90 Å². The predicted molar refractivity (Wildman–Crippen MR) is 69.5 cm³/mol. The summed E-state index contributed by atoms with van der Waals surface area (Å²) in [5.41, 5.74) is 5.05. The number of hydrogen-bond acceptors (Lipinski definition) is 3. The fourth-order valence-electron chi connectivity index (χ4n) is 2.55. The molecule has 0 amide bonds. The molecule has 1 saturated heterocycles. The van der Waals surface area contributed by atoms with E-state index in [4.69, 9.17) is 10.9 Å². The number of anilines is 1. The molecule has 1 heterocycles. The first-order valence-electron chi connectivity index (χ1n) is 6.11. The molecule has 1 aliphatic heterocycles. The van der Waals surface area contributed by atoms with Gasteiger partial charge < -0.3 is 15.8 Å². The van der Waals surface area contributed by atoms with Crippen molar-refractivity contribution >= 4 is 11.5 Å². The highest BCUT2D eigenvalue weighted by Crippen LogP contribution is 2.36. The molecule has 1 fully saturated rings. The minimum atomic E-state index is -0.698. The summed E-state index contributed by atoms with van der Waals surface area (Å²) in [6.45, 7) is 4.52. The van der Waals surface area contributed by atoms with E-state index < -0.39 is 11.6 Å². The van der Waals surface area contributed by atoms with Crippen LogP contribution in [0, 0.1) is 11.6 Å². The van der Waals surface area contributed by atoms with Crippen LogP contribution < -0.4 is 10.6 Å². The van der Waals surface area contributed by atoms with Crippen LogP contribution in [0.15, 0.2) is 17.3 Å². The van der Waals surface area contributed by atoms with Gasteiger partial charge in [0.25, 0.3) is 0 Å². The fraction of sp³-hybridized carbons (Fsp3) is 0.462. The van der Waals surface area contributed by atoms with E-state index in [1.165, 1.54) is 0 Å². The third kappa shape index (κ3) is 2.34. The van der Waals surface area contributed by atoms with Gasteiger partial charge in [-0.3, -0.25) is 0 Å². The van der Waals surface area contributed by atoms with Crippen LogP contribution in [0.5, 0.6) is 0 Å². The van der Waals surface area contributed by atoms with Crippen molar-refractivity contribution in [1.29, 1.82) is 0 Å². The Balaban J connectivity index is 2.49. The van der Waals surface area contributed by atoms with Crippen molar-refractivity contribution in [2.24, 2.45) is 10.9 Å². The van der Waals surface area contributed by atoms with Crippen LogP contribution in [-0.4, -0.2) is 23.1 Å². The summed E-state index contributed by atoms with van der Waals surface area (Å²) in [5.74, 6) is -1.71. The summed E-state index contributed by atoms with van der Waals surface area (Å²) in [6.07, 6.45) is 1.78. The fourth-order valence-corrected chi connectivity index (χ4v) is 2.55. The van der Waals surface area contributed by atoms with E-state index >= 15 is 0 Å². The lowest BCUT2D eigenvalue weighted by atomic mass is 10.0. The van der Waals surface area contributed by atoms with E-state index in [0.717, 1.165) is 25.0 Å². The molecular formula is C13H17F2N3O. The first-order chi connectivity index (χ1) is 8.86. The van der Waals surface area contributed by atoms with Crippen LogP contribution >= 0.6 is 0 Å². The molecule has 1 aliphatic rings. The zero-order valence-electron chi connectivity index (χ0n) is 11.0. The number of benzene rings is 1. The van der Waals surface area contributed by atoms with Crippen molar-refractivity contribution in [3.8, 4) is 0 Å². The zero-order valence-corrected chi connectivity index (χ0v) is 11.0. The van der Waals surface area contributed by atoms with Gasteiger partial charge in [0, 0.05) is 17.6 Å². The standard InChI is InChI=1S/C13H17F2N3O/c1-13(2)4-3-5-18(13)11-9(14)6-8(7-10(11)15)12(16)17-19/h6-7,19H,3-5H2,1-2H3,(H2,16,17). The number of rotatable bonds is 2. The molecule has 6 heteroatoms. The van der Waals surface area contributed by atoms with Crippen molar-refractivity contribution in [2.75, 3.05) is 11.4 Å². The molecule has 104 valence electrons. The molecular weight excluding hydrogens is 252 g/mol. The van der Waals surface area contributed by atoms with E-state index in [-0.39, 0.29) is 22.6 Å². The van der Waals surface area contributed by atoms with Crippen LogP contribution in [0.2, 0.25) is 0 Å². The Bertz CT molecular complexity index is 506. The van der Waals surface area contributed by atoms with Crippen molar-refractivity contribution in [2.45, 2.75) is 32.2 Å². The third-order valence-corrected chi connectivity index (χ3v) is 3.59. The monoisotopic (exact) mass is 269 g/mol. The Hall–Kier alpha value is -1.85. The van der Waals surface area contributed by atoms with Crippen LogP contribution in [-0.2, 0) is 0 Å². The summed E-state index contributed by atoms with van der Waals surface area (Å²) < 4.78 is 28.3. The van der Waals surface area contributed by atoms with Crippen LogP contribution in [0.25, 0.3) is 0 Å². The lowest BCUT2D eigenvalue weighted by Gasteiger charge is -2.34. The number of amidine groups is 1. The van der Waals surface area contributed by atoms with Crippen molar-refractivity contribution in [3.05, 3.63) is 29.3 Å². The molecule has 0 aliphatic carbocycles. The van der Waals surface area contributed by atoms with Gasteiger partial charge in [-0.05, 0) is 38.8 Å². The molecule has 3 N–H and O–H groups in total. The average molecular weight is 269 g/mol. The molecule has 19 heavy (non-hydrogen) atoms. The van der Waals surface area contributed by atoms with Crippen LogP contribution in [0.3, 0.4) is 0 Å². The smallest absolute Gasteiger partial charge is 0.170 e. The Labute approximate surface area is 110 Å². The molecule has 0 radical (unpaired) electrons. The van der Waals surface area contributed by atoms with Gasteiger partial charge in [-0.15, -0.1) is 0 Å². The first-order valence-corrected chi connectivity index (χ1v) is 6.11. The predicted octanol–water partition coefficient (Wildman–Crippen LogP) is 2.44. The highest BCUT2D eigenvalue weighted by molar-refractivity contribution is 5.97. The number of hydrogen-bond donors (Lipinski definition) is 2. The second-order valence-corrected chi connectivity index (χ2v) is 5.34. The molecule has 1 aromatic rings. The SMILES string of the molecule is CC1(C)CCCN1c1c(F)cc(C(N)=NO)cc1F. The van der Waals surface area contributed by atoms with E-state index in [9.17, 15) is 8.78 Å². The summed E-state index contributed by atoms with van der Waals surface area (Å²) in [5, 5.41) is 11.3. The van der Waals surface area contributed by atoms with Crippen molar-refractivity contribution in [3.63, 3.8) is 0 Å². The highest BCUT2D eigenvalue weighted by Gasteiger charge is 2.35. The summed E-state index contributed by atoms with van der Waals surface area (Å²) >= 11 is 0. The Kier molecular flexibility index (Phi) is 3.34. The maximum absolute atomic E-state index is 14.1. The Morgan fingerprint density at radius 1 is 1.37 bits per heavy atom. The van der Waals surface area contributed by atoms with Gasteiger partial charge in [-0.25, -0.2) is 8.78 Å². The molecule has 0 atom stereocenters. The van der Waals surface area contributed by atoms with Crippen LogP contribution in [0.4, 0.5) is 14.5 Å². The maximum atomic E-state index is 14.1. The topological polar surface area (TPSA) is 61.8 Å². The largest absolute Gasteiger partial charge is 0.409 e. The Morgan fingerprint density at radius 2 is 1.95 bits per heavy atom. The minimum Gasteiger partial charge on any atom is -0.409 e. The van der Waals surface area contributed by atoms with Gasteiger partial charge >= 0.3 is 0 Å². The normalized spacial score (nSPS) is 18.9. The summed E-state index contributed by atoms with van der Waals surface area (Å²) in [6, 6.07) is 2.17. The van der Waals surface area contributed by atoms with Gasteiger partial charge in [0.05, 0.1) is 0 Å². The zero-order chi connectivity index (χ0) is 14.2. The second kappa shape index (κ2) is 4.68. The van der Waals surface area contributed by atoms with E-state index in [1.807, 2.05) is 13.8 Å². The lowest BCUT2D eigenvalue weighted by molar-refractivity contribution is 0.318. The van der Waals surface area contributed by atoms with Gasteiger partial charge in [0.15, 0.2) is 5.84 Å². The molecule has 0 unspecified atom stereocenters. The Morgan fingerprint density at radius 3 is 2.37 bits per heavy atom. The lowest BCUT2D eigenvalue weighted by Crippen LogP contribution is -2.39. The van der Waals surface area contributed by atoms with Gasteiger partial charge in [-0.1, -0.05) is 5.16 Å². The van der Waals surface area contributed by atoms with Crippen molar-refractivity contribution in [1.82, 2.24) is 0 Å². The highest BCUT2D eigenvalue weighted by atomic mass is 19.1. The number of nitrogens with two attached hydrogens (primary N) is 1. The number of nitrogens with zero attached hydrogens (tertiary/aromatic N) is 2. The molecule has 0 bridgehead atoms. The summed E-state index contributed by atoms with van der Waals surface area (Å²) in [7, 11) is 0. The second-order valence-electron chi connectivity index (χ2n) is 5.34. The van der Waals surface area contributed by atoms with Gasteiger partial charge in [-0.2, -0.15) is 0 Å². The van der Waals surface area contributed by atoms with Crippen molar-refractivity contribution < 1.29 is 14.0 Å². The number of halogens is 2. The number of oxime groups is 1. The minimum absolute atomic E-state index is 0.0262. The molecule has 0 aromatic heterocycles. The van der Waals surface area contributed by atoms with Gasteiger partial charge in [0.1, 0.15) is 17.3 Å². The molecule has 0 spiro atoms. The summed E-state index contributed by atoms with van der Waals surface area (Å²) in [4.78, 5) is 1.73. The molecule has 2 rings (SSSR count). The maximum Gasteiger partial charge on any atom is 0.170 e. The van der Waals surface area contributed by atoms with Gasteiger partial charge in [0.2, 0.25) is 0 Å².